The standard InChI is InChI=1S/C18H16ClN3OS/c19-15-9-5-4-8-14(15)10-20-18(23)21-11-17-22-16(12-24-17)13-6-2-1-3-7-13/h1-9,12H,10-11H2,(H2,20,21,23). The average molecular weight is 358 g/mol. The van der Waals surface area contributed by atoms with Crippen LogP contribution in [-0.4, -0.2) is 11.0 Å². The van der Waals surface area contributed by atoms with Crippen LogP contribution in [0.4, 0.5) is 4.79 Å². The van der Waals surface area contributed by atoms with E-state index in [0.717, 1.165) is 21.8 Å². The van der Waals surface area contributed by atoms with Crippen LogP contribution in [0.2, 0.25) is 5.02 Å². The third kappa shape index (κ3) is 4.34. The first kappa shape index (κ1) is 16.5. The molecule has 2 aromatic carbocycles. The largest absolute Gasteiger partial charge is 0.334 e. The summed E-state index contributed by atoms with van der Waals surface area (Å²) in [6, 6.07) is 17.2. The van der Waals surface area contributed by atoms with Gasteiger partial charge in [-0.3, -0.25) is 0 Å². The van der Waals surface area contributed by atoms with Crippen LogP contribution in [0.25, 0.3) is 11.3 Å². The van der Waals surface area contributed by atoms with Crippen molar-refractivity contribution in [2.24, 2.45) is 0 Å². The second kappa shape index (κ2) is 7.95. The quantitative estimate of drug-likeness (QED) is 0.708. The molecule has 1 aromatic heterocycles. The van der Waals surface area contributed by atoms with Gasteiger partial charge >= 0.3 is 6.03 Å². The van der Waals surface area contributed by atoms with Crippen molar-refractivity contribution in [1.82, 2.24) is 15.6 Å². The highest BCUT2D eigenvalue weighted by Crippen LogP contribution is 2.21. The summed E-state index contributed by atoms with van der Waals surface area (Å²) in [4.78, 5) is 16.4. The van der Waals surface area contributed by atoms with E-state index < -0.39 is 0 Å². The maximum Gasteiger partial charge on any atom is 0.315 e. The van der Waals surface area contributed by atoms with Crippen molar-refractivity contribution in [3.05, 3.63) is 75.6 Å². The molecular weight excluding hydrogens is 342 g/mol. The molecule has 0 atom stereocenters. The van der Waals surface area contributed by atoms with Crippen molar-refractivity contribution in [2.75, 3.05) is 0 Å². The Kier molecular flexibility index (Phi) is 5.46. The minimum Gasteiger partial charge on any atom is -0.334 e. The van der Waals surface area contributed by atoms with Crippen LogP contribution in [0.1, 0.15) is 10.6 Å². The van der Waals surface area contributed by atoms with Crippen molar-refractivity contribution < 1.29 is 4.79 Å². The summed E-state index contributed by atoms with van der Waals surface area (Å²) in [7, 11) is 0. The predicted molar refractivity (Wildman–Crippen MR) is 98.1 cm³/mol. The first-order chi connectivity index (χ1) is 11.7. The van der Waals surface area contributed by atoms with E-state index in [1.165, 1.54) is 11.3 Å². The second-order valence-electron chi connectivity index (χ2n) is 5.12. The minimum atomic E-state index is -0.244. The van der Waals surface area contributed by atoms with Crippen molar-refractivity contribution >= 4 is 29.0 Å². The number of hydrogen-bond donors (Lipinski definition) is 2. The summed E-state index contributed by atoms with van der Waals surface area (Å²) in [5.41, 5.74) is 2.88. The smallest absolute Gasteiger partial charge is 0.315 e. The predicted octanol–water partition coefficient (Wildman–Crippen LogP) is 4.46. The molecule has 1 heterocycles. The molecular formula is C18H16ClN3OS. The fourth-order valence-electron chi connectivity index (χ4n) is 2.17. The van der Waals surface area contributed by atoms with E-state index in [1.807, 2.05) is 53.9 Å². The van der Waals surface area contributed by atoms with Crippen molar-refractivity contribution in [3.63, 3.8) is 0 Å². The summed E-state index contributed by atoms with van der Waals surface area (Å²) in [6.45, 7) is 0.782. The number of amides is 2. The highest BCUT2D eigenvalue weighted by atomic mass is 35.5. The molecule has 122 valence electrons. The molecule has 0 bridgehead atoms. The number of nitrogens with one attached hydrogen (secondary N) is 2. The molecule has 24 heavy (non-hydrogen) atoms. The molecule has 0 saturated carbocycles. The van der Waals surface area contributed by atoms with E-state index in [-0.39, 0.29) is 6.03 Å². The van der Waals surface area contributed by atoms with Gasteiger partial charge in [0.15, 0.2) is 0 Å². The molecule has 4 nitrogen and oxygen atoms in total. The van der Waals surface area contributed by atoms with Gasteiger partial charge in [-0.25, -0.2) is 9.78 Å². The number of benzene rings is 2. The molecule has 3 rings (SSSR count). The molecule has 6 heteroatoms. The Hall–Kier alpha value is -2.37. The summed E-state index contributed by atoms with van der Waals surface area (Å²) >= 11 is 7.59. The van der Waals surface area contributed by atoms with Gasteiger partial charge < -0.3 is 10.6 Å². The number of rotatable bonds is 5. The lowest BCUT2D eigenvalue weighted by Gasteiger charge is -2.07. The average Bonchev–Trinajstić information content (AvgIpc) is 3.09. The van der Waals surface area contributed by atoms with Gasteiger partial charge in [0, 0.05) is 22.5 Å². The van der Waals surface area contributed by atoms with Gasteiger partial charge in [0.1, 0.15) is 5.01 Å². The first-order valence-corrected chi connectivity index (χ1v) is 8.73. The van der Waals surface area contributed by atoms with Crippen LogP contribution >= 0.6 is 22.9 Å². The van der Waals surface area contributed by atoms with E-state index in [9.17, 15) is 4.79 Å². The molecule has 0 aliphatic heterocycles. The number of urea groups is 1. The van der Waals surface area contributed by atoms with Crippen LogP contribution < -0.4 is 10.6 Å². The van der Waals surface area contributed by atoms with Crippen LogP contribution in [0.15, 0.2) is 60.0 Å². The topological polar surface area (TPSA) is 54.0 Å². The number of carbonyl (C=O) groups excluding carboxylic acids is 1. The fourth-order valence-corrected chi connectivity index (χ4v) is 3.11. The molecule has 0 fully saturated rings. The molecule has 2 N–H and O–H groups in total. The third-order valence-corrected chi connectivity index (χ3v) is 4.64. The summed E-state index contributed by atoms with van der Waals surface area (Å²) in [5, 5.41) is 9.10. The molecule has 0 aliphatic rings. The summed E-state index contributed by atoms with van der Waals surface area (Å²) in [5.74, 6) is 0. The van der Waals surface area contributed by atoms with Gasteiger partial charge in [0.25, 0.3) is 0 Å². The lowest BCUT2D eigenvalue weighted by molar-refractivity contribution is 0.240. The van der Waals surface area contributed by atoms with Crippen LogP contribution in [-0.2, 0) is 13.1 Å². The van der Waals surface area contributed by atoms with E-state index >= 15 is 0 Å². The van der Waals surface area contributed by atoms with Crippen LogP contribution in [0, 0.1) is 0 Å². The Bertz CT molecular complexity index is 820. The lowest BCUT2D eigenvalue weighted by Crippen LogP contribution is -2.34. The Morgan fingerprint density at radius 2 is 1.71 bits per heavy atom. The fraction of sp³-hybridized carbons (Fsp3) is 0.111. The zero-order valence-electron chi connectivity index (χ0n) is 12.8. The Labute approximate surface area is 149 Å². The van der Waals surface area contributed by atoms with Gasteiger partial charge in [0.2, 0.25) is 0 Å². The van der Waals surface area contributed by atoms with Gasteiger partial charge in [0.05, 0.1) is 12.2 Å². The molecule has 0 aliphatic carbocycles. The molecule has 3 aromatic rings. The van der Waals surface area contributed by atoms with Crippen LogP contribution in [0.5, 0.6) is 0 Å². The number of aromatic nitrogens is 1. The normalized spacial score (nSPS) is 10.4. The van der Waals surface area contributed by atoms with Gasteiger partial charge in [-0.05, 0) is 11.6 Å². The van der Waals surface area contributed by atoms with Crippen molar-refractivity contribution in [2.45, 2.75) is 13.1 Å². The van der Waals surface area contributed by atoms with E-state index in [0.29, 0.717) is 18.1 Å². The van der Waals surface area contributed by atoms with E-state index in [4.69, 9.17) is 11.6 Å². The summed E-state index contributed by atoms with van der Waals surface area (Å²) in [6.07, 6.45) is 0. The summed E-state index contributed by atoms with van der Waals surface area (Å²) < 4.78 is 0. The highest BCUT2D eigenvalue weighted by Gasteiger charge is 2.07. The third-order valence-electron chi connectivity index (χ3n) is 3.42. The van der Waals surface area contributed by atoms with Crippen molar-refractivity contribution in [3.8, 4) is 11.3 Å². The Morgan fingerprint density at radius 1 is 1.00 bits per heavy atom. The SMILES string of the molecule is O=C(NCc1nc(-c2ccccc2)cs1)NCc1ccccc1Cl. The monoisotopic (exact) mass is 357 g/mol. The highest BCUT2D eigenvalue weighted by molar-refractivity contribution is 7.09. The molecule has 0 unspecified atom stereocenters. The maximum absolute atomic E-state index is 11.9. The Morgan fingerprint density at radius 3 is 2.50 bits per heavy atom. The van der Waals surface area contributed by atoms with Gasteiger partial charge in [-0.1, -0.05) is 60.1 Å². The lowest BCUT2D eigenvalue weighted by atomic mass is 10.2. The van der Waals surface area contributed by atoms with Gasteiger partial charge in [-0.2, -0.15) is 0 Å². The zero-order valence-corrected chi connectivity index (χ0v) is 14.4. The number of nitrogens with zero attached hydrogens (tertiary/aromatic N) is 1. The Balaban J connectivity index is 1.50. The number of hydrogen-bond acceptors (Lipinski definition) is 3. The van der Waals surface area contributed by atoms with E-state index in [2.05, 4.69) is 15.6 Å². The maximum atomic E-state index is 11.9. The number of halogens is 1. The number of carbonyl (C=O) groups is 1. The van der Waals surface area contributed by atoms with Crippen molar-refractivity contribution in [1.29, 1.82) is 0 Å². The minimum absolute atomic E-state index is 0.244. The van der Waals surface area contributed by atoms with E-state index in [1.54, 1.807) is 6.07 Å². The zero-order chi connectivity index (χ0) is 16.8. The van der Waals surface area contributed by atoms with Gasteiger partial charge in [-0.15, -0.1) is 11.3 Å². The molecule has 0 spiro atoms. The molecule has 0 saturated heterocycles. The number of thiazole rings is 1. The first-order valence-electron chi connectivity index (χ1n) is 7.47. The molecule has 0 radical (unpaired) electrons. The second-order valence-corrected chi connectivity index (χ2v) is 6.47. The van der Waals surface area contributed by atoms with Crippen LogP contribution in [0.3, 0.4) is 0 Å². The molecule has 2 amide bonds.